The van der Waals surface area contributed by atoms with Crippen LogP contribution in [0.1, 0.15) is 32.1 Å². The highest BCUT2D eigenvalue weighted by Crippen LogP contribution is 2.23. The first-order valence-corrected chi connectivity index (χ1v) is 9.60. The predicted octanol–water partition coefficient (Wildman–Crippen LogP) is 0.576. The number of hydrogen-bond acceptors (Lipinski definition) is 5. The highest BCUT2D eigenvalue weighted by molar-refractivity contribution is 8.02. The first-order chi connectivity index (χ1) is 9.03. The molecule has 0 aromatic carbocycles. The van der Waals surface area contributed by atoms with Crippen LogP contribution in [-0.4, -0.2) is 55.1 Å². The molecule has 1 unspecified atom stereocenters. The highest BCUT2D eigenvalue weighted by Gasteiger charge is 2.28. The summed E-state index contributed by atoms with van der Waals surface area (Å²) in [6.07, 6.45) is 4.41. The second-order valence-corrected chi connectivity index (χ2v) is 8.34. The summed E-state index contributed by atoms with van der Waals surface area (Å²) in [6, 6.07) is 0. The van der Waals surface area contributed by atoms with E-state index in [1.54, 1.807) is 0 Å². The van der Waals surface area contributed by atoms with Crippen LogP contribution in [0.25, 0.3) is 0 Å². The smallest absolute Gasteiger partial charge is 0.230 e. The molecule has 0 radical (unpaired) electrons. The van der Waals surface area contributed by atoms with Gasteiger partial charge in [-0.15, -0.1) is 11.8 Å². The Hall–Kier alpha value is -0.270. The summed E-state index contributed by atoms with van der Waals surface area (Å²) >= 11 is 1.44. The number of thioether (sulfide) groups is 1. The number of carbonyl (C=O) groups excluding carboxylic acids is 1. The second kappa shape index (κ2) is 8.81. The lowest BCUT2D eigenvalue weighted by Crippen LogP contribution is -2.27. The Morgan fingerprint density at radius 1 is 1.26 bits per heavy atom. The van der Waals surface area contributed by atoms with E-state index in [0.29, 0.717) is 18.7 Å². The van der Waals surface area contributed by atoms with Crippen molar-refractivity contribution in [1.82, 2.24) is 5.32 Å². The van der Waals surface area contributed by atoms with Gasteiger partial charge in [0.05, 0.1) is 17.3 Å². The minimum Gasteiger partial charge on any atom is -0.396 e. The van der Waals surface area contributed by atoms with Gasteiger partial charge in [0.25, 0.3) is 0 Å². The molecule has 1 aliphatic rings. The Morgan fingerprint density at radius 3 is 2.63 bits per heavy atom. The molecule has 0 aliphatic carbocycles. The van der Waals surface area contributed by atoms with Gasteiger partial charge < -0.3 is 10.4 Å². The maximum absolute atomic E-state index is 11.5. The number of aliphatic hydroxyl groups is 1. The zero-order valence-electron chi connectivity index (χ0n) is 11.1. The Balaban J connectivity index is 1.99. The molecule has 19 heavy (non-hydrogen) atoms. The zero-order chi connectivity index (χ0) is 14.1. The van der Waals surface area contributed by atoms with E-state index in [0.717, 1.165) is 25.7 Å². The molecule has 1 atom stereocenters. The summed E-state index contributed by atoms with van der Waals surface area (Å²) in [4.78, 5) is 11.5. The first-order valence-electron chi connectivity index (χ1n) is 6.73. The van der Waals surface area contributed by atoms with Crippen LogP contribution in [0, 0.1) is 0 Å². The third-order valence-electron chi connectivity index (χ3n) is 3.05. The Kier molecular flexibility index (Phi) is 7.78. The summed E-state index contributed by atoms with van der Waals surface area (Å²) < 4.78 is 22.5. The van der Waals surface area contributed by atoms with Gasteiger partial charge in [0.2, 0.25) is 5.91 Å². The average Bonchev–Trinajstić information content (AvgIpc) is 2.71. The van der Waals surface area contributed by atoms with Crippen molar-refractivity contribution in [2.75, 3.05) is 30.4 Å². The number of hydrogen-bond donors (Lipinski definition) is 2. The van der Waals surface area contributed by atoms with E-state index in [4.69, 9.17) is 5.11 Å². The van der Waals surface area contributed by atoms with Crippen LogP contribution >= 0.6 is 11.8 Å². The minimum absolute atomic E-state index is 0.0172. The van der Waals surface area contributed by atoms with Crippen molar-refractivity contribution in [1.29, 1.82) is 0 Å². The summed E-state index contributed by atoms with van der Waals surface area (Å²) in [7, 11) is -2.85. The maximum Gasteiger partial charge on any atom is 0.230 e. The number of aliphatic hydroxyl groups excluding tert-OH is 1. The fraction of sp³-hybridized carbons (Fsp3) is 0.917. The molecule has 1 saturated heterocycles. The van der Waals surface area contributed by atoms with Crippen molar-refractivity contribution in [2.24, 2.45) is 0 Å². The lowest BCUT2D eigenvalue weighted by atomic mass is 10.2. The molecule has 1 fully saturated rings. The van der Waals surface area contributed by atoms with Gasteiger partial charge in [0.15, 0.2) is 9.84 Å². The van der Waals surface area contributed by atoms with Crippen LogP contribution in [0.5, 0.6) is 0 Å². The molecule has 2 N–H and O–H groups in total. The Morgan fingerprint density at radius 2 is 2.00 bits per heavy atom. The molecule has 1 heterocycles. The van der Waals surface area contributed by atoms with Gasteiger partial charge in [0.1, 0.15) is 0 Å². The van der Waals surface area contributed by atoms with Gasteiger partial charge in [0, 0.05) is 18.4 Å². The molecule has 5 nitrogen and oxygen atoms in total. The molecule has 0 bridgehead atoms. The SMILES string of the molecule is O=C(CSC1CCS(=O)(=O)C1)NCCCCCCO. The van der Waals surface area contributed by atoms with E-state index in [9.17, 15) is 13.2 Å². The van der Waals surface area contributed by atoms with Gasteiger partial charge in [-0.3, -0.25) is 4.79 Å². The molecule has 0 spiro atoms. The average molecular weight is 309 g/mol. The number of carbonyl (C=O) groups is 1. The number of amides is 1. The fourth-order valence-electron chi connectivity index (χ4n) is 1.96. The number of unbranched alkanes of at least 4 members (excludes halogenated alkanes) is 3. The third-order valence-corrected chi connectivity index (χ3v) is 6.33. The van der Waals surface area contributed by atoms with Gasteiger partial charge in [-0.25, -0.2) is 8.42 Å². The van der Waals surface area contributed by atoms with E-state index in [-0.39, 0.29) is 29.3 Å². The molecular weight excluding hydrogens is 286 g/mol. The van der Waals surface area contributed by atoms with Crippen molar-refractivity contribution < 1.29 is 18.3 Å². The lowest BCUT2D eigenvalue weighted by Gasteiger charge is -2.08. The van der Waals surface area contributed by atoms with Crippen molar-refractivity contribution in [2.45, 2.75) is 37.4 Å². The van der Waals surface area contributed by atoms with Crippen molar-refractivity contribution in [3.05, 3.63) is 0 Å². The lowest BCUT2D eigenvalue weighted by molar-refractivity contribution is -0.118. The molecule has 1 rings (SSSR count). The van der Waals surface area contributed by atoms with Crippen LogP contribution in [0.15, 0.2) is 0 Å². The summed E-state index contributed by atoms with van der Waals surface area (Å²) in [5.74, 6) is 0.802. The number of sulfone groups is 1. The largest absolute Gasteiger partial charge is 0.396 e. The van der Waals surface area contributed by atoms with Crippen LogP contribution in [-0.2, 0) is 14.6 Å². The van der Waals surface area contributed by atoms with Gasteiger partial charge in [-0.1, -0.05) is 12.8 Å². The van der Waals surface area contributed by atoms with Crippen LogP contribution < -0.4 is 5.32 Å². The topological polar surface area (TPSA) is 83.5 Å². The quantitative estimate of drug-likeness (QED) is 0.609. The molecule has 0 saturated carbocycles. The monoisotopic (exact) mass is 309 g/mol. The minimum atomic E-state index is -2.85. The number of rotatable bonds is 9. The third kappa shape index (κ3) is 7.79. The zero-order valence-corrected chi connectivity index (χ0v) is 12.8. The van der Waals surface area contributed by atoms with E-state index < -0.39 is 9.84 Å². The highest BCUT2D eigenvalue weighted by atomic mass is 32.2. The summed E-state index contributed by atoms with van der Waals surface area (Å²) in [6.45, 7) is 0.890. The Labute approximate surface area is 119 Å². The standard InChI is InChI=1S/C12H23NO4S2/c14-7-4-2-1-3-6-13-12(15)9-18-11-5-8-19(16,17)10-11/h11,14H,1-10H2,(H,13,15). The summed E-state index contributed by atoms with van der Waals surface area (Å²) in [5.41, 5.74) is 0. The van der Waals surface area contributed by atoms with E-state index in [1.165, 1.54) is 11.8 Å². The summed E-state index contributed by atoms with van der Waals surface area (Å²) in [5, 5.41) is 11.5. The van der Waals surface area contributed by atoms with Crippen molar-refractivity contribution in [3.8, 4) is 0 Å². The van der Waals surface area contributed by atoms with Crippen LogP contribution in [0.4, 0.5) is 0 Å². The van der Waals surface area contributed by atoms with Crippen molar-refractivity contribution >= 4 is 27.5 Å². The molecule has 0 aromatic rings. The molecule has 7 heteroatoms. The number of nitrogens with one attached hydrogen (secondary N) is 1. The van der Waals surface area contributed by atoms with Crippen LogP contribution in [0.3, 0.4) is 0 Å². The van der Waals surface area contributed by atoms with Gasteiger partial charge in [-0.2, -0.15) is 0 Å². The van der Waals surface area contributed by atoms with Crippen molar-refractivity contribution in [3.63, 3.8) is 0 Å². The van der Waals surface area contributed by atoms with E-state index >= 15 is 0 Å². The van der Waals surface area contributed by atoms with Crippen LogP contribution in [0.2, 0.25) is 0 Å². The molecular formula is C12H23NO4S2. The molecule has 112 valence electrons. The second-order valence-electron chi connectivity index (χ2n) is 4.82. The molecule has 1 aliphatic heterocycles. The molecule has 1 amide bonds. The van der Waals surface area contributed by atoms with E-state index in [1.807, 2.05) is 0 Å². The first kappa shape index (κ1) is 16.8. The molecule has 0 aromatic heterocycles. The van der Waals surface area contributed by atoms with Gasteiger partial charge in [-0.05, 0) is 19.3 Å². The van der Waals surface area contributed by atoms with E-state index in [2.05, 4.69) is 5.32 Å². The maximum atomic E-state index is 11.5. The normalized spacial score (nSPS) is 21.4. The predicted molar refractivity (Wildman–Crippen MR) is 78.1 cm³/mol. The fourth-order valence-corrected chi connectivity index (χ4v) is 5.43. The Bertz CT molecular complexity index is 370. The van der Waals surface area contributed by atoms with Gasteiger partial charge >= 0.3 is 0 Å².